The molecule has 1 heterocycles. The highest BCUT2D eigenvalue weighted by Gasteiger charge is 2.31. The van der Waals surface area contributed by atoms with Gasteiger partial charge in [-0.15, -0.1) is 0 Å². The van der Waals surface area contributed by atoms with Gasteiger partial charge in [-0.3, -0.25) is 4.99 Å². The van der Waals surface area contributed by atoms with Crippen LogP contribution in [-0.2, 0) is 0 Å². The first-order chi connectivity index (χ1) is 11.8. The first-order valence-electron chi connectivity index (χ1n) is 8.01. The Balaban J connectivity index is 1.74. The monoisotopic (exact) mass is 332 g/mol. The van der Waals surface area contributed by atoms with Gasteiger partial charge in [-0.2, -0.15) is 0 Å². The zero-order valence-corrected chi connectivity index (χ0v) is 13.8. The van der Waals surface area contributed by atoms with E-state index in [0.717, 1.165) is 16.4 Å². The van der Waals surface area contributed by atoms with Crippen LogP contribution in [0.3, 0.4) is 0 Å². The van der Waals surface area contributed by atoms with Crippen molar-refractivity contribution < 1.29 is 0 Å². The minimum atomic E-state index is 0.0549. The van der Waals surface area contributed by atoms with Crippen LogP contribution in [-0.4, -0.2) is 5.84 Å². The van der Waals surface area contributed by atoms with Crippen LogP contribution in [0.5, 0.6) is 0 Å². The van der Waals surface area contributed by atoms with Crippen LogP contribution in [0.4, 0.5) is 0 Å². The second kappa shape index (κ2) is 6.50. The number of halogens is 1. The van der Waals surface area contributed by atoms with Crippen LogP contribution in [0, 0.1) is 0 Å². The number of nitrogens with one attached hydrogen (secondary N) is 1. The van der Waals surface area contributed by atoms with Crippen molar-refractivity contribution in [1.82, 2.24) is 5.32 Å². The van der Waals surface area contributed by atoms with Crippen LogP contribution < -0.4 is 5.32 Å². The molecule has 2 atom stereocenters. The van der Waals surface area contributed by atoms with Crippen LogP contribution in [0.25, 0.3) is 0 Å². The predicted molar refractivity (Wildman–Crippen MR) is 99.5 cm³/mol. The molecule has 118 valence electrons. The fraction of sp³-hybridized carbons (Fsp3) is 0.0952. The molecule has 24 heavy (non-hydrogen) atoms. The van der Waals surface area contributed by atoms with Crippen LogP contribution >= 0.6 is 11.6 Å². The number of amidine groups is 1. The van der Waals surface area contributed by atoms with Crippen molar-refractivity contribution in [2.45, 2.75) is 12.1 Å². The maximum absolute atomic E-state index is 6.01. The van der Waals surface area contributed by atoms with Gasteiger partial charge in [0, 0.05) is 10.6 Å². The van der Waals surface area contributed by atoms with E-state index < -0.39 is 0 Å². The fourth-order valence-electron chi connectivity index (χ4n) is 3.09. The van der Waals surface area contributed by atoms with E-state index in [-0.39, 0.29) is 12.1 Å². The molecule has 0 bridgehead atoms. The van der Waals surface area contributed by atoms with E-state index in [4.69, 9.17) is 16.6 Å². The molecule has 4 rings (SSSR count). The molecular weight excluding hydrogens is 316 g/mol. The van der Waals surface area contributed by atoms with Gasteiger partial charge in [0.05, 0.1) is 6.04 Å². The third-order valence-electron chi connectivity index (χ3n) is 4.29. The van der Waals surface area contributed by atoms with E-state index in [1.807, 2.05) is 36.4 Å². The molecule has 0 fully saturated rings. The summed E-state index contributed by atoms with van der Waals surface area (Å²) in [5.74, 6) is 0.911. The highest BCUT2D eigenvalue weighted by atomic mass is 35.5. The van der Waals surface area contributed by atoms with Gasteiger partial charge in [-0.05, 0) is 35.4 Å². The third kappa shape index (κ3) is 2.93. The maximum atomic E-state index is 6.01. The number of hydrogen-bond acceptors (Lipinski definition) is 2. The maximum Gasteiger partial charge on any atom is 0.129 e. The van der Waals surface area contributed by atoms with E-state index in [1.54, 1.807) is 0 Å². The van der Waals surface area contributed by atoms with E-state index >= 15 is 0 Å². The quantitative estimate of drug-likeness (QED) is 0.702. The summed E-state index contributed by atoms with van der Waals surface area (Å²) in [5, 5.41) is 4.33. The molecule has 0 saturated carbocycles. The first kappa shape index (κ1) is 15.0. The molecule has 1 aliphatic rings. The standard InChI is InChI=1S/C21H17ClN2/c22-18-13-11-17(12-14-18)21-23-19(15-7-3-1-4-8-15)20(24-21)16-9-5-2-6-10-16/h1-14,19-20H,(H,23,24)/t19-,20-/m1/s1. The molecule has 0 radical (unpaired) electrons. The van der Waals surface area contributed by atoms with Crippen molar-refractivity contribution in [2.24, 2.45) is 4.99 Å². The second-order valence-corrected chi connectivity index (χ2v) is 6.31. The summed E-state index contributed by atoms with van der Waals surface area (Å²) < 4.78 is 0. The lowest BCUT2D eigenvalue weighted by molar-refractivity contribution is 0.572. The normalized spacial score (nSPS) is 19.6. The van der Waals surface area contributed by atoms with Crippen molar-refractivity contribution in [3.8, 4) is 0 Å². The lowest BCUT2D eigenvalue weighted by Crippen LogP contribution is -2.25. The summed E-state index contributed by atoms with van der Waals surface area (Å²) in [5.41, 5.74) is 3.50. The highest BCUT2D eigenvalue weighted by Crippen LogP contribution is 2.36. The van der Waals surface area contributed by atoms with Crippen molar-refractivity contribution >= 4 is 17.4 Å². The molecule has 3 heteroatoms. The Morgan fingerprint density at radius 2 is 1.29 bits per heavy atom. The predicted octanol–water partition coefficient (Wildman–Crippen LogP) is 5.17. The first-order valence-corrected chi connectivity index (χ1v) is 8.39. The molecule has 3 aromatic carbocycles. The Labute approximate surface area is 146 Å². The van der Waals surface area contributed by atoms with Crippen LogP contribution in [0.2, 0.25) is 5.02 Å². The average Bonchev–Trinajstić information content (AvgIpc) is 3.09. The average molecular weight is 333 g/mol. The molecule has 0 spiro atoms. The van der Waals surface area contributed by atoms with Crippen LogP contribution in [0.15, 0.2) is 89.9 Å². The SMILES string of the molecule is Clc1ccc(C2=N[C@H](c3ccccc3)[C@@H](c3ccccc3)N2)cc1. The Hall–Kier alpha value is -2.58. The molecule has 1 aliphatic heterocycles. The van der Waals surface area contributed by atoms with Crippen LogP contribution in [0.1, 0.15) is 28.8 Å². The molecule has 2 nitrogen and oxygen atoms in total. The lowest BCUT2D eigenvalue weighted by Gasteiger charge is -2.19. The van der Waals surface area contributed by atoms with E-state index in [0.29, 0.717) is 0 Å². The summed E-state index contributed by atoms with van der Waals surface area (Å²) >= 11 is 6.01. The summed E-state index contributed by atoms with van der Waals surface area (Å²) in [7, 11) is 0. The van der Waals surface area contributed by atoms with Crippen molar-refractivity contribution in [3.63, 3.8) is 0 Å². The summed E-state index contributed by atoms with van der Waals surface area (Å²) in [6, 6.07) is 28.9. The number of nitrogens with zero attached hydrogens (tertiary/aromatic N) is 1. The Morgan fingerprint density at radius 3 is 1.92 bits per heavy atom. The topological polar surface area (TPSA) is 24.4 Å². The van der Waals surface area contributed by atoms with Gasteiger partial charge in [-0.1, -0.05) is 72.3 Å². The minimum Gasteiger partial charge on any atom is -0.361 e. The molecule has 0 saturated heterocycles. The smallest absolute Gasteiger partial charge is 0.129 e. The van der Waals surface area contributed by atoms with Gasteiger partial charge in [0.1, 0.15) is 11.9 Å². The Kier molecular flexibility index (Phi) is 4.06. The van der Waals surface area contributed by atoms with Gasteiger partial charge < -0.3 is 5.32 Å². The second-order valence-electron chi connectivity index (χ2n) is 5.87. The van der Waals surface area contributed by atoms with Gasteiger partial charge in [0.2, 0.25) is 0 Å². The number of benzene rings is 3. The van der Waals surface area contributed by atoms with E-state index in [1.165, 1.54) is 11.1 Å². The number of hydrogen-bond donors (Lipinski definition) is 1. The molecule has 0 unspecified atom stereocenters. The largest absolute Gasteiger partial charge is 0.361 e. The summed E-state index contributed by atoms with van der Waals surface area (Å²) in [6.45, 7) is 0. The molecular formula is C21H17ClN2. The molecule has 0 aromatic heterocycles. The van der Waals surface area contributed by atoms with Crippen molar-refractivity contribution in [3.05, 3.63) is 107 Å². The third-order valence-corrected chi connectivity index (χ3v) is 4.55. The number of rotatable bonds is 3. The van der Waals surface area contributed by atoms with Gasteiger partial charge in [0.15, 0.2) is 0 Å². The zero-order chi connectivity index (χ0) is 16.4. The van der Waals surface area contributed by atoms with Crippen molar-refractivity contribution in [2.75, 3.05) is 0 Å². The zero-order valence-electron chi connectivity index (χ0n) is 13.1. The van der Waals surface area contributed by atoms with Gasteiger partial charge in [0.25, 0.3) is 0 Å². The minimum absolute atomic E-state index is 0.0549. The molecule has 0 aliphatic carbocycles. The molecule has 3 aromatic rings. The van der Waals surface area contributed by atoms with E-state index in [2.05, 4.69) is 53.8 Å². The van der Waals surface area contributed by atoms with Gasteiger partial charge >= 0.3 is 0 Å². The van der Waals surface area contributed by atoms with E-state index in [9.17, 15) is 0 Å². The van der Waals surface area contributed by atoms with Crippen molar-refractivity contribution in [1.29, 1.82) is 0 Å². The molecule has 0 amide bonds. The van der Waals surface area contributed by atoms with Gasteiger partial charge in [-0.25, -0.2) is 0 Å². The highest BCUT2D eigenvalue weighted by molar-refractivity contribution is 6.30. The fourth-order valence-corrected chi connectivity index (χ4v) is 3.21. The Bertz CT molecular complexity index is 842. The Morgan fingerprint density at radius 1 is 0.708 bits per heavy atom. The molecule has 1 N–H and O–H groups in total. The number of aliphatic imine (C=N–C) groups is 1. The summed E-state index contributed by atoms with van der Waals surface area (Å²) in [6.07, 6.45) is 0. The lowest BCUT2D eigenvalue weighted by atomic mass is 9.95. The summed E-state index contributed by atoms with van der Waals surface area (Å²) in [4.78, 5) is 4.98.